The summed E-state index contributed by atoms with van der Waals surface area (Å²) in [6.45, 7) is 1.30. The molecule has 0 aliphatic carbocycles. The molecule has 0 spiro atoms. The van der Waals surface area contributed by atoms with Crippen LogP contribution in [0.4, 0.5) is 5.69 Å². The van der Waals surface area contributed by atoms with Crippen LogP contribution < -0.4 is 5.32 Å². The fourth-order valence-corrected chi connectivity index (χ4v) is 2.06. The van der Waals surface area contributed by atoms with Crippen molar-refractivity contribution in [3.63, 3.8) is 0 Å². The fraction of sp³-hybridized carbons (Fsp3) is 0.364. The van der Waals surface area contributed by atoms with Crippen molar-refractivity contribution in [2.45, 2.75) is 12.5 Å². The third kappa shape index (κ3) is 3.51. The maximum Gasteiger partial charge on any atom is 0.339 e. The van der Waals surface area contributed by atoms with Gasteiger partial charge in [0, 0.05) is 4.47 Å². The van der Waals surface area contributed by atoms with Crippen molar-refractivity contribution in [1.29, 1.82) is 0 Å². The van der Waals surface area contributed by atoms with Gasteiger partial charge < -0.3 is 15.2 Å². The van der Waals surface area contributed by atoms with Crippen LogP contribution in [0.25, 0.3) is 0 Å². The summed E-state index contributed by atoms with van der Waals surface area (Å²) in [7, 11) is 1.21. The van der Waals surface area contributed by atoms with Crippen LogP contribution in [-0.2, 0) is 9.53 Å². The molecule has 100 valence electrons. The van der Waals surface area contributed by atoms with Gasteiger partial charge in [-0.25, -0.2) is 4.79 Å². The van der Waals surface area contributed by atoms with Crippen molar-refractivity contribution in [3.8, 4) is 0 Å². The molecule has 1 aromatic rings. The van der Waals surface area contributed by atoms with Crippen molar-refractivity contribution in [3.05, 3.63) is 26.7 Å². The van der Waals surface area contributed by atoms with E-state index in [1.807, 2.05) is 0 Å². The van der Waals surface area contributed by atoms with Crippen LogP contribution in [0, 0.1) is 0 Å². The highest BCUT2D eigenvalue weighted by Crippen LogP contribution is 2.35. The number of rotatable bonds is 4. The summed E-state index contributed by atoms with van der Waals surface area (Å²) in [6, 6.07) is 3.40. The van der Waals surface area contributed by atoms with Gasteiger partial charge in [-0.2, -0.15) is 0 Å². The molecule has 0 saturated heterocycles. The van der Waals surface area contributed by atoms with E-state index in [0.29, 0.717) is 20.2 Å². The number of esters is 1. The van der Waals surface area contributed by atoms with Gasteiger partial charge in [0.25, 0.3) is 0 Å². The molecule has 1 atom stereocenters. The summed E-state index contributed by atoms with van der Waals surface area (Å²) < 4.78 is 5.15. The molecule has 0 aliphatic rings. The predicted octanol–water partition coefficient (Wildman–Crippen LogP) is 3.09. The number of hydrogen-bond acceptors (Lipinski definition) is 4. The summed E-state index contributed by atoms with van der Waals surface area (Å²) in [5.74, 6) is -0.727. The van der Waals surface area contributed by atoms with Gasteiger partial charge in [0.1, 0.15) is 0 Å². The molecule has 0 heterocycles. The molecule has 0 aromatic heterocycles. The van der Waals surface area contributed by atoms with Crippen LogP contribution >= 0.6 is 39.1 Å². The molecule has 7 heteroatoms. The van der Waals surface area contributed by atoms with Crippen molar-refractivity contribution >= 4 is 50.8 Å². The normalized spacial score (nSPS) is 13.9. The number of nitrogens with one attached hydrogen (secondary N) is 1. The van der Waals surface area contributed by atoms with Crippen LogP contribution in [0.15, 0.2) is 16.6 Å². The molecule has 4 nitrogen and oxygen atoms in total. The molecule has 0 saturated carbocycles. The molecular formula is C11H12BrCl2NO3. The number of ether oxygens (including phenoxy) is 1. The first-order valence-electron chi connectivity index (χ1n) is 4.97. The Kier molecular flexibility index (Phi) is 5.28. The molecular weight excluding hydrogens is 345 g/mol. The minimum atomic E-state index is -1.64. The SMILES string of the molecule is COC(=O)C(C)(O)CNc1ccc(Br)c(Cl)c1Cl. The molecule has 2 N–H and O–H groups in total. The molecule has 18 heavy (non-hydrogen) atoms. The number of benzene rings is 1. The van der Waals surface area contributed by atoms with Gasteiger partial charge >= 0.3 is 5.97 Å². The number of carbonyl (C=O) groups excluding carboxylic acids is 1. The monoisotopic (exact) mass is 355 g/mol. The maximum atomic E-state index is 11.3. The lowest BCUT2D eigenvalue weighted by Crippen LogP contribution is -2.42. The van der Waals surface area contributed by atoms with Crippen LogP contribution in [0.2, 0.25) is 10.0 Å². The first-order valence-corrected chi connectivity index (χ1v) is 6.52. The Morgan fingerprint density at radius 3 is 2.67 bits per heavy atom. The van der Waals surface area contributed by atoms with E-state index in [4.69, 9.17) is 23.2 Å². The van der Waals surface area contributed by atoms with Crippen molar-refractivity contribution in [1.82, 2.24) is 0 Å². The van der Waals surface area contributed by atoms with Gasteiger partial charge in [-0.3, -0.25) is 0 Å². The van der Waals surface area contributed by atoms with Crippen molar-refractivity contribution < 1.29 is 14.6 Å². The highest BCUT2D eigenvalue weighted by atomic mass is 79.9. The Morgan fingerprint density at radius 2 is 2.11 bits per heavy atom. The molecule has 0 radical (unpaired) electrons. The Balaban J connectivity index is 2.82. The summed E-state index contributed by atoms with van der Waals surface area (Å²) in [5.41, 5.74) is -1.12. The fourth-order valence-electron chi connectivity index (χ4n) is 1.22. The Hall–Kier alpha value is -0.490. The average molecular weight is 357 g/mol. The lowest BCUT2D eigenvalue weighted by atomic mass is 10.1. The Bertz CT molecular complexity index is 466. The Morgan fingerprint density at radius 1 is 1.50 bits per heavy atom. The Labute approximate surface area is 123 Å². The number of aliphatic hydroxyl groups is 1. The standard InChI is InChI=1S/C11H12BrCl2NO3/c1-11(17,10(16)18-2)5-15-7-4-3-6(12)8(13)9(7)14/h3-4,15,17H,5H2,1-2H3. The van der Waals surface area contributed by atoms with Crippen LogP contribution in [-0.4, -0.2) is 30.3 Å². The van der Waals surface area contributed by atoms with Gasteiger partial charge in [0.05, 0.1) is 29.4 Å². The van der Waals surface area contributed by atoms with Gasteiger partial charge in [0.2, 0.25) is 0 Å². The van der Waals surface area contributed by atoms with E-state index in [0.717, 1.165) is 0 Å². The van der Waals surface area contributed by atoms with E-state index in [-0.39, 0.29) is 6.54 Å². The van der Waals surface area contributed by atoms with Crippen molar-refractivity contribution in [2.24, 2.45) is 0 Å². The van der Waals surface area contributed by atoms with E-state index < -0.39 is 11.6 Å². The van der Waals surface area contributed by atoms with E-state index >= 15 is 0 Å². The summed E-state index contributed by atoms with van der Waals surface area (Å²) in [5, 5.41) is 13.4. The number of anilines is 1. The molecule has 0 bridgehead atoms. The zero-order valence-corrected chi connectivity index (χ0v) is 12.9. The predicted molar refractivity (Wildman–Crippen MR) is 75.3 cm³/mol. The lowest BCUT2D eigenvalue weighted by molar-refractivity contribution is -0.158. The molecule has 1 aromatic carbocycles. The van der Waals surface area contributed by atoms with E-state index in [2.05, 4.69) is 26.0 Å². The largest absolute Gasteiger partial charge is 0.467 e. The minimum absolute atomic E-state index is 0.0443. The second-order valence-corrected chi connectivity index (χ2v) is 5.45. The first kappa shape index (κ1) is 15.6. The lowest BCUT2D eigenvalue weighted by Gasteiger charge is -2.21. The third-order valence-electron chi connectivity index (χ3n) is 2.28. The van der Waals surface area contributed by atoms with Crippen LogP contribution in [0.3, 0.4) is 0 Å². The first-order chi connectivity index (χ1) is 8.29. The van der Waals surface area contributed by atoms with Gasteiger partial charge in [-0.05, 0) is 35.0 Å². The van der Waals surface area contributed by atoms with E-state index in [9.17, 15) is 9.90 Å². The number of carbonyl (C=O) groups is 1. The zero-order valence-electron chi connectivity index (χ0n) is 9.76. The number of halogens is 3. The number of methoxy groups -OCH3 is 1. The molecule has 1 unspecified atom stereocenters. The number of hydrogen-bond donors (Lipinski definition) is 2. The summed E-state index contributed by atoms with van der Waals surface area (Å²) in [4.78, 5) is 11.3. The second kappa shape index (κ2) is 6.10. The summed E-state index contributed by atoms with van der Waals surface area (Å²) >= 11 is 15.2. The molecule has 0 aliphatic heterocycles. The smallest absolute Gasteiger partial charge is 0.339 e. The van der Waals surface area contributed by atoms with Crippen LogP contribution in [0.1, 0.15) is 6.92 Å². The van der Waals surface area contributed by atoms with Crippen LogP contribution in [0.5, 0.6) is 0 Å². The summed E-state index contributed by atoms with van der Waals surface area (Å²) in [6.07, 6.45) is 0. The van der Waals surface area contributed by atoms with E-state index in [1.165, 1.54) is 14.0 Å². The highest BCUT2D eigenvalue weighted by molar-refractivity contribution is 9.10. The van der Waals surface area contributed by atoms with Crippen molar-refractivity contribution in [2.75, 3.05) is 19.0 Å². The third-order valence-corrected chi connectivity index (χ3v) is 4.05. The quantitative estimate of drug-likeness (QED) is 0.643. The maximum absolute atomic E-state index is 11.3. The molecule has 1 rings (SSSR count). The van der Waals surface area contributed by atoms with Gasteiger partial charge in [-0.1, -0.05) is 23.2 Å². The molecule has 0 fully saturated rings. The van der Waals surface area contributed by atoms with E-state index in [1.54, 1.807) is 12.1 Å². The van der Waals surface area contributed by atoms with Gasteiger partial charge in [-0.15, -0.1) is 0 Å². The zero-order chi connectivity index (χ0) is 13.9. The second-order valence-electron chi connectivity index (χ2n) is 3.84. The topological polar surface area (TPSA) is 58.6 Å². The highest BCUT2D eigenvalue weighted by Gasteiger charge is 2.31. The molecule has 0 amide bonds. The van der Waals surface area contributed by atoms with Gasteiger partial charge in [0.15, 0.2) is 5.60 Å². The average Bonchev–Trinajstić information content (AvgIpc) is 2.34. The minimum Gasteiger partial charge on any atom is -0.467 e.